The number of amides is 1. The molecule has 1 saturated heterocycles. The molecule has 1 amide bonds. The number of hydrogen-bond acceptors (Lipinski definition) is 6. The van der Waals surface area contributed by atoms with Gasteiger partial charge in [-0.25, -0.2) is 4.79 Å². The molecule has 0 bridgehead atoms. The molecule has 1 aromatic carbocycles. The first kappa shape index (κ1) is 24.4. The lowest BCUT2D eigenvalue weighted by atomic mass is 9.79. The number of nitrogens with zero attached hydrogens (tertiary/aromatic N) is 2. The summed E-state index contributed by atoms with van der Waals surface area (Å²) in [5.41, 5.74) is 0.546. The first-order valence-electron chi connectivity index (χ1n) is 12.4. The van der Waals surface area contributed by atoms with E-state index < -0.39 is 5.60 Å². The van der Waals surface area contributed by atoms with Crippen molar-refractivity contribution in [2.75, 3.05) is 19.7 Å². The zero-order chi connectivity index (χ0) is 24.0. The van der Waals surface area contributed by atoms with Gasteiger partial charge in [0, 0.05) is 37.8 Å². The van der Waals surface area contributed by atoms with Crippen LogP contribution in [0.3, 0.4) is 0 Å². The topological polar surface area (TPSA) is 91.8 Å². The summed E-state index contributed by atoms with van der Waals surface area (Å²) in [7, 11) is 0. The van der Waals surface area contributed by atoms with E-state index in [1.807, 2.05) is 30.3 Å². The van der Waals surface area contributed by atoms with Crippen molar-refractivity contribution in [1.29, 1.82) is 0 Å². The molecular formula is C27H35N3O4. The molecule has 7 nitrogen and oxygen atoms in total. The third-order valence-electron chi connectivity index (χ3n) is 7.14. The summed E-state index contributed by atoms with van der Waals surface area (Å²) in [6.07, 6.45) is 7.09. The van der Waals surface area contributed by atoms with Gasteiger partial charge in [-0.05, 0) is 50.3 Å². The van der Waals surface area contributed by atoms with Gasteiger partial charge in [-0.15, -0.1) is 0 Å². The summed E-state index contributed by atoms with van der Waals surface area (Å²) >= 11 is 0. The van der Waals surface area contributed by atoms with Crippen LogP contribution in [-0.4, -0.2) is 52.6 Å². The van der Waals surface area contributed by atoms with Crippen LogP contribution in [0, 0.1) is 5.92 Å². The van der Waals surface area contributed by atoms with Crippen LogP contribution in [0.5, 0.6) is 0 Å². The van der Waals surface area contributed by atoms with E-state index in [0.29, 0.717) is 24.3 Å². The maximum Gasteiger partial charge on any atom is 0.338 e. The number of aliphatic hydroxyl groups is 1. The molecule has 1 saturated carbocycles. The number of ether oxygens (including phenoxy) is 1. The fourth-order valence-corrected chi connectivity index (χ4v) is 5.25. The molecule has 2 aromatic rings. The minimum absolute atomic E-state index is 0.0271. The van der Waals surface area contributed by atoms with Crippen molar-refractivity contribution >= 4 is 11.9 Å². The SMILES string of the molecule is CCOC(=O)c1ccnc(CN2CCC(NC(=O)C(O)(c3ccccc3)C3CCCC3)CC2)c1. The molecule has 2 N–H and O–H groups in total. The lowest BCUT2D eigenvalue weighted by Gasteiger charge is -2.37. The molecule has 1 aliphatic heterocycles. The highest BCUT2D eigenvalue weighted by Crippen LogP contribution is 2.41. The Morgan fingerprint density at radius 2 is 1.82 bits per heavy atom. The average molecular weight is 466 g/mol. The van der Waals surface area contributed by atoms with Crippen LogP contribution in [0.25, 0.3) is 0 Å². The van der Waals surface area contributed by atoms with Crippen molar-refractivity contribution in [2.24, 2.45) is 5.92 Å². The number of hydrogen-bond donors (Lipinski definition) is 2. The molecule has 0 radical (unpaired) electrons. The predicted molar refractivity (Wildman–Crippen MR) is 129 cm³/mol. The van der Waals surface area contributed by atoms with Crippen molar-refractivity contribution in [3.05, 3.63) is 65.5 Å². The third kappa shape index (κ3) is 5.47. The number of rotatable bonds is 8. The zero-order valence-electron chi connectivity index (χ0n) is 19.9. The molecule has 4 rings (SSSR count). The quantitative estimate of drug-likeness (QED) is 0.581. The molecule has 1 atom stereocenters. The fraction of sp³-hybridized carbons (Fsp3) is 0.519. The van der Waals surface area contributed by atoms with Gasteiger partial charge in [0.15, 0.2) is 5.60 Å². The summed E-state index contributed by atoms with van der Waals surface area (Å²) in [6, 6.07) is 12.9. The highest BCUT2D eigenvalue weighted by atomic mass is 16.5. The Bertz CT molecular complexity index is 969. The molecule has 182 valence electrons. The number of carbonyl (C=O) groups is 2. The van der Waals surface area contributed by atoms with Crippen LogP contribution < -0.4 is 5.32 Å². The average Bonchev–Trinajstić information content (AvgIpc) is 3.41. The Kier molecular flexibility index (Phi) is 7.95. The van der Waals surface area contributed by atoms with Crippen molar-refractivity contribution in [3.8, 4) is 0 Å². The lowest BCUT2D eigenvalue weighted by Crippen LogP contribution is -2.54. The van der Waals surface area contributed by atoms with E-state index in [2.05, 4.69) is 15.2 Å². The van der Waals surface area contributed by atoms with E-state index in [4.69, 9.17) is 4.74 Å². The second-order valence-corrected chi connectivity index (χ2v) is 9.39. The normalized spacial score (nSPS) is 19.5. The van der Waals surface area contributed by atoms with Gasteiger partial charge < -0.3 is 15.2 Å². The summed E-state index contributed by atoms with van der Waals surface area (Å²) in [6.45, 7) is 4.39. The highest BCUT2D eigenvalue weighted by molar-refractivity contribution is 5.89. The zero-order valence-corrected chi connectivity index (χ0v) is 19.9. The Morgan fingerprint density at radius 1 is 1.12 bits per heavy atom. The molecule has 1 aromatic heterocycles. The fourth-order valence-electron chi connectivity index (χ4n) is 5.25. The Labute approximate surface area is 201 Å². The second-order valence-electron chi connectivity index (χ2n) is 9.39. The van der Waals surface area contributed by atoms with E-state index in [1.54, 1.807) is 25.3 Å². The number of carbonyl (C=O) groups excluding carboxylic acids is 2. The lowest BCUT2D eigenvalue weighted by molar-refractivity contribution is -0.148. The number of benzene rings is 1. The largest absolute Gasteiger partial charge is 0.462 e. The van der Waals surface area contributed by atoms with Gasteiger partial charge in [0.1, 0.15) is 0 Å². The molecule has 7 heteroatoms. The first-order valence-corrected chi connectivity index (χ1v) is 12.4. The van der Waals surface area contributed by atoms with Gasteiger partial charge in [0.2, 0.25) is 0 Å². The minimum atomic E-state index is -1.48. The van der Waals surface area contributed by atoms with Gasteiger partial charge in [0.05, 0.1) is 17.9 Å². The van der Waals surface area contributed by atoms with Crippen LogP contribution in [0.4, 0.5) is 0 Å². The Morgan fingerprint density at radius 3 is 2.50 bits per heavy atom. The molecule has 2 heterocycles. The number of nitrogens with one attached hydrogen (secondary N) is 1. The third-order valence-corrected chi connectivity index (χ3v) is 7.14. The predicted octanol–water partition coefficient (Wildman–Crippen LogP) is 3.42. The Hall–Kier alpha value is -2.77. The number of esters is 1. The standard InChI is InChI=1S/C27H35N3O4/c1-2-34-25(31)20-12-15-28-24(18-20)19-30-16-13-23(14-17-30)29-26(32)27(33,22-10-6-7-11-22)21-8-4-3-5-9-21/h3-5,8-9,12,15,18,22-23,33H,2,6-7,10-11,13-14,16-17,19H2,1H3,(H,29,32). The first-order chi connectivity index (χ1) is 16.5. The molecule has 2 aliphatic rings. The molecule has 1 unspecified atom stereocenters. The minimum Gasteiger partial charge on any atom is -0.462 e. The van der Waals surface area contributed by atoms with E-state index in [-0.39, 0.29) is 23.8 Å². The maximum absolute atomic E-state index is 13.4. The van der Waals surface area contributed by atoms with Gasteiger partial charge >= 0.3 is 5.97 Å². The van der Waals surface area contributed by atoms with Crippen molar-refractivity contribution in [1.82, 2.24) is 15.2 Å². The number of piperidine rings is 1. The summed E-state index contributed by atoms with van der Waals surface area (Å²) in [5, 5.41) is 14.8. The van der Waals surface area contributed by atoms with Crippen LogP contribution in [-0.2, 0) is 21.7 Å². The summed E-state index contributed by atoms with van der Waals surface area (Å²) < 4.78 is 5.08. The van der Waals surface area contributed by atoms with Gasteiger partial charge in [-0.2, -0.15) is 0 Å². The van der Waals surface area contributed by atoms with Crippen LogP contribution in [0.15, 0.2) is 48.7 Å². The molecular weight excluding hydrogens is 430 g/mol. The van der Waals surface area contributed by atoms with Crippen LogP contribution in [0.1, 0.15) is 67.1 Å². The number of aromatic nitrogens is 1. The van der Waals surface area contributed by atoms with Crippen molar-refractivity contribution in [2.45, 2.75) is 63.6 Å². The molecule has 2 fully saturated rings. The molecule has 34 heavy (non-hydrogen) atoms. The van der Waals surface area contributed by atoms with Crippen molar-refractivity contribution in [3.63, 3.8) is 0 Å². The van der Waals surface area contributed by atoms with Gasteiger partial charge in [-0.3, -0.25) is 14.7 Å². The van der Waals surface area contributed by atoms with Gasteiger partial charge in [0.25, 0.3) is 5.91 Å². The molecule has 0 spiro atoms. The number of likely N-dealkylation sites (tertiary alicyclic amines) is 1. The van der Waals surface area contributed by atoms with E-state index in [1.165, 1.54) is 0 Å². The van der Waals surface area contributed by atoms with Crippen LogP contribution in [0.2, 0.25) is 0 Å². The van der Waals surface area contributed by atoms with E-state index >= 15 is 0 Å². The smallest absolute Gasteiger partial charge is 0.338 e. The Balaban J connectivity index is 1.35. The second kappa shape index (κ2) is 11.1. The van der Waals surface area contributed by atoms with E-state index in [0.717, 1.165) is 57.3 Å². The van der Waals surface area contributed by atoms with Crippen molar-refractivity contribution < 1.29 is 19.4 Å². The summed E-state index contributed by atoms with van der Waals surface area (Å²) in [4.78, 5) is 32.1. The highest BCUT2D eigenvalue weighted by Gasteiger charge is 2.46. The maximum atomic E-state index is 13.4. The monoisotopic (exact) mass is 465 g/mol. The summed E-state index contributed by atoms with van der Waals surface area (Å²) in [5.74, 6) is -0.652. The molecule has 1 aliphatic carbocycles. The number of pyridine rings is 1. The van der Waals surface area contributed by atoms with Crippen LogP contribution >= 0.6 is 0 Å². The van der Waals surface area contributed by atoms with E-state index in [9.17, 15) is 14.7 Å². The van der Waals surface area contributed by atoms with Gasteiger partial charge in [-0.1, -0.05) is 43.2 Å².